The third-order valence-electron chi connectivity index (χ3n) is 2.93. The van der Waals surface area contributed by atoms with Gasteiger partial charge in [0.05, 0.1) is 6.61 Å². The molecule has 0 saturated heterocycles. The lowest BCUT2D eigenvalue weighted by molar-refractivity contribution is 0.187. The quantitative estimate of drug-likeness (QED) is 0.721. The predicted octanol–water partition coefficient (Wildman–Crippen LogP) is 0.854. The highest BCUT2D eigenvalue weighted by Gasteiger charge is 2.47. The number of hydrogen-bond donors (Lipinski definition) is 2. The van der Waals surface area contributed by atoms with Gasteiger partial charge in [0.25, 0.3) is 0 Å². The molecule has 1 unspecified atom stereocenters. The van der Waals surface area contributed by atoms with Crippen LogP contribution >= 0.6 is 0 Å². The number of pyridine rings is 1. The van der Waals surface area contributed by atoms with Gasteiger partial charge in [-0.2, -0.15) is 0 Å². The molecule has 0 aliphatic heterocycles. The van der Waals surface area contributed by atoms with E-state index in [1.54, 1.807) is 12.4 Å². The first-order chi connectivity index (χ1) is 6.28. The monoisotopic (exact) mass is 178 g/mol. The molecule has 3 N–H and O–H groups in total. The zero-order valence-corrected chi connectivity index (χ0v) is 7.48. The fourth-order valence-electron chi connectivity index (χ4n) is 1.65. The minimum Gasteiger partial charge on any atom is -0.396 e. The van der Waals surface area contributed by atoms with Gasteiger partial charge < -0.3 is 10.8 Å². The first-order valence-corrected chi connectivity index (χ1v) is 4.55. The summed E-state index contributed by atoms with van der Waals surface area (Å²) in [5.41, 5.74) is 7.09. The second kappa shape index (κ2) is 3.09. The average molecular weight is 178 g/mol. The molecular weight excluding hydrogens is 164 g/mol. The zero-order chi connectivity index (χ0) is 9.31. The molecular formula is C10H14N2O. The Labute approximate surface area is 77.6 Å². The van der Waals surface area contributed by atoms with Gasteiger partial charge in [0.1, 0.15) is 0 Å². The molecule has 0 amide bonds. The van der Waals surface area contributed by atoms with E-state index in [0.717, 1.165) is 18.4 Å². The van der Waals surface area contributed by atoms with Crippen molar-refractivity contribution in [1.82, 2.24) is 4.98 Å². The Morgan fingerprint density at radius 1 is 1.46 bits per heavy atom. The zero-order valence-electron chi connectivity index (χ0n) is 7.48. The van der Waals surface area contributed by atoms with Crippen LogP contribution < -0.4 is 5.73 Å². The van der Waals surface area contributed by atoms with E-state index in [1.807, 2.05) is 12.1 Å². The number of nitrogens with two attached hydrogens (primary N) is 1. The maximum atomic E-state index is 9.19. The Balaban J connectivity index is 2.18. The third kappa shape index (κ3) is 1.45. The van der Waals surface area contributed by atoms with Crippen LogP contribution in [0.5, 0.6) is 0 Å². The maximum absolute atomic E-state index is 9.19. The summed E-state index contributed by atoms with van der Waals surface area (Å²) in [6.07, 6.45) is 5.55. The molecule has 1 fully saturated rings. The summed E-state index contributed by atoms with van der Waals surface area (Å²) in [4.78, 5) is 3.94. The first-order valence-electron chi connectivity index (χ1n) is 4.55. The van der Waals surface area contributed by atoms with E-state index in [1.165, 1.54) is 0 Å². The summed E-state index contributed by atoms with van der Waals surface area (Å²) < 4.78 is 0. The molecule has 1 heterocycles. The molecule has 0 bridgehead atoms. The van der Waals surface area contributed by atoms with E-state index in [2.05, 4.69) is 4.98 Å². The second-order valence-electron chi connectivity index (χ2n) is 3.78. The van der Waals surface area contributed by atoms with Crippen molar-refractivity contribution in [2.45, 2.75) is 18.9 Å². The van der Waals surface area contributed by atoms with Crippen LogP contribution in [-0.4, -0.2) is 16.7 Å². The van der Waals surface area contributed by atoms with Crippen LogP contribution in [0.3, 0.4) is 0 Å². The molecule has 2 rings (SSSR count). The van der Waals surface area contributed by atoms with E-state index in [-0.39, 0.29) is 18.1 Å². The van der Waals surface area contributed by atoms with Gasteiger partial charge in [-0.15, -0.1) is 0 Å². The van der Waals surface area contributed by atoms with Gasteiger partial charge in [0, 0.05) is 23.9 Å². The molecule has 3 nitrogen and oxygen atoms in total. The van der Waals surface area contributed by atoms with Crippen LogP contribution in [0.2, 0.25) is 0 Å². The van der Waals surface area contributed by atoms with E-state index < -0.39 is 0 Å². The van der Waals surface area contributed by atoms with Crippen LogP contribution in [0.1, 0.15) is 24.4 Å². The number of aliphatic hydroxyl groups is 1. The van der Waals surface area contributed by atoms with E-state index >= 15 is 0 Å². The summed E-state index contributed by atoms with van der Waals surface area (Å²) in [5.74, 6) is 0. The highest BCUT2D eigenvalue weighted by molar-refractivity contribution is 5.20. The van der Waals surface area contributed by atoms with Gasteiger partial charge in [-0.1, -0.05) is 0 Å². The molecule has 1 aliphatic carbocycles. The fraction of sp³-hybridized carbons (Fsp3) is 0.500. The highest BCUT2D eigenvalue weighted by Crippen LogP contribution is 2.53. The fourth-order valence-corrected chi connectivity index (χ4v) is 1.65. The number of nitrogens with zero attached hydrogens (tertiary/aromatic N) is 1. The van der Waals surface area contributed by atoms with Crippen molar-refractivity contribution in [2.75, 3.05) is 6.61 Å². The first kappa shape index (κ1) is 8.66. The molecule has 1 saturated carbocycles. The highest BCUT2D eigenvalue weighted by atomic mass is 16.3. The second-order valence-corrected chi connectivity index (χ2v) is 3.78. The normalized spacial score (nSPS) is 21.1. The van der Waals surface area contributed by atoms with Crippen LogP contribution in [0.25, 0.3) is 0 Å². The maximum Gasteiger partial charge on any atom is 0.0505 e. The number of rotatable bonds is 3. The summed E-state index contributed by atoms with van der Waals surface area (Å²) in [6.45, 7) is 0.191. The standard InChI is InChI=1S/C10H14N2O/c11-9(10(7-13)3-4-10)8-1-5-12-6-2-8/h1-2,5-6,9,13H,3-4,7,11H2. The summed E-state index contributed by atoms with van der Waals surface area (Å²) >= 11 is 0. The summed E-state index contributed by atoms with van der Waals surface area (Å²) in [6, 6.07) is 3.79. The van der Waals surface area contributed by atoms with Gasteiger partial charge >= 0.3 is 0 Å². The lowest BCUT2D eigenvalue weighted by atomic mass is 9.92. The van der Waals surface area contributed by atoms with Crippen LogP contribution in [0.15, 0.2) is 24.5 Å². The van der Waals surface area contributed by atoms with Crippen molar-refractivity contribution in [1.29, 1.82) is 0 Å². The van der Waals surface area contributed by atoms with Gasteiger partial charge in [0.2, 0.25) is 0 Å². The Kier molecular flexibility index (Phi) is 2.06. The van der Waals surface area contributed by atoms with Gasteiger partial charge in [-0.05, 0) is 30.5 Å². The average Bonchev–Trinajstić information content (AvgIpc) is 2.99. The smallest absolute Gasteiger partial charge is 0.0505 e. The van der Waals surface area contributed by atoms with E-state index in [4.69, 9.17) is 5.73 Å². The molecule has 3 heteroatoms. The molecule has 1 atom stereocenters. The SMILES string of the molecule is NC(c1ccncc1)C1(CO)CC1. The van der Waals surface area contributed by atoms with Crippen LogP contribution in [0.4, 0.5) is 0 Å². The predicted molar refractivity (Wildman–Crippen MR) is 49.9 cm³/mol. The topological polar surface area (TPSA) is 59.1 Å². The number of aliphatic hydroxyl groups excluding tert-OH is 1. The van der Waals surface area contributed by atoms with E-state index in [9.17, 15) is 5.11 Å². The Morgan fingerprint density at radius 3 is 2.54 bits per heavy atom. The minimum atomic E-state index is -0.0412. The van der Waals surface area contributed by atoms with Crippen molar-refractivity contribution in [3.8, 4) is 0 Å². The van der Waals surface area contributed by atoms with Gasteiger partial charge in [-0.25, -0.2) is 0 Å². The third-order valence-corrected chi connectivity index (χ3v) is 2.93. The van der Waals surface area contributed by atoms with Crippen molar-refractivity contribution < 1.29 is 5.11 Å². The molecule has 1 aromatic rings. The molecule has 70 valence electrons. The molecule has 1 aliphatic rings. The van der Waals surface area contributed by atoms with E-state index in [0.29, 0.717) is 0 Å². The lowest BCUT2D eigenvalue weighted by Gasteiger charge is -2.20. The van der Waals surface area contributed by atoms with Crippen molar-refractivity contribution in [2.24, 2.45) is 11.1 Å². The molecule has 0 aromatic carbocycles. The largest absolute Gasteiger partial charge is 0.396 e. The molecule has 0 spiro atoms. The molecule has 1 aromatic heterocycles. The van der Waals surface area contributed by atoms with Crippen molar-refractivity contribution >= 4 is 0 Å². The van der Waals surface area contributed by atoms with Crippen molar-refractivity contribution in [3.05, 3.63) is 30.1 Å². The Bertz CT molecular complexity index is 282. The van der Waals surface area contributed by atoms with Gasteiger partial charge in [-0.3, -0.25) is 4.98 Å². The van der Waals surface area contributed by atoms with Crippen molar-refractivity contribution in [3.63, 3.8) is 0 Å². The Morgan fingerprint density at radius 2 is 2.08 bits per heavy atom. The molecule has 0 radical (unpaired) electrons. The number of hydrogen-bond acceptors (Lipinski definition) is 3. The van der Waals surface area contributed by atoms with Crippen LogP contribution in [-0.2, 0) is 0 Å². The minimum absolute atomic E-state index is 0.0403. The van der Waals surface area contributed by atoms with Crippen LogP contribution in [0, 0.1) is 5.41 Å². The Hall–Kier alpha value is -0.930. The lowest BCUT2D eigenvalue weighted by Crippen LogP contribution is -2.25. The van der Waals surface area contributed by atoms with Gasteiger partial charge in [0.15, 0.2) is 0 Å². The summed E-state index contributed by atoms with van der Waals surface area (Å²) in [5, 5.41) is 9.19. The summed E-state index contributed by atoms with van der Waals surface area (Å²) in [7, 11) is 0. The molecule has 13 heavy (non-hydrogen) atoms. The number of aromatic nitrogens is 1.